The maximum absolute atomic E-state index is 11.6. The van der Waals surface area contributed by atoms with Crippen LogP contribution < -0.4 is 5.32 Å². The Kier molecular flexibility index (Phi) is 4.39. The predicted octanol–water partition coefficient (Wildman–Crippen LogP) is 0.758. The predicted molar refractivity (Wildman–Crippen MR) is 65.1 cm³/mol. The molecule has 17 heavy (non-hydrogen) atoms. The first-order valence-corrected chi connectivity index (χ1v) is 6.93. The summed E-state index contributed by atoms with van der Waals surface area (Å²) in [5.41, 5.74) is 0.437. The van der Waals surface area contributed by atoms with Crippen molar-refractivity contribution in [3.05, 3.63) is 41.6 Å². The zero-order valence-electron chi connectivity index (χ0n) is 9.62. The monoisotopic (exact) mass is 254 g/mol. The van der Waals surface area contributed by atoms with Gasteiger partial charge in [0.15, 0.2) is 9.84 Å². The van der Waals surface area contributed by atoms with Crippen molar-refractivity contribution in [3.8, 4) is 0 Å². The molecule has 0 saturated heterocycles. The molecule has 5 nitrogen and oxygen atoms in total. The molecule has 1 atom stereocenters. The Morgan fingerprint density at radius 1 is 1.53 bits per heavy atom. The number of hydrogen-bond acceptors (Lipinski definition) is 4. The van der Waals surface area contributed by atoms with Gasteiger partial charge in [-0.3, -0.25) is 9.78 Å². The van der Waals surface area contributed by atoms with Crippen molar-refractivity contribution in [1.29, 1.82) is 0 Å². The van der Waals surface area contributed by atoms with E-state index in [4.69, 9.17) is 0 Å². The third-order valence-corrected chi connectivity index (χ3v) is 2.55. The lowest BCUT2D eigenvalue weighted by atomic mass is 10.2. The van der Waals surface area contributed by atoms with Crippen molar-refractivity contribution in [1.82, 2.24) is 10.3 Å². The van der Waals surface area contributed by atoms with Gasteiger partial charge in [-0.25, -0.2) is 8.42 Å². The van der Waals surface area contributed by atoms with Crippen LogP contribution in [0.4, 0.5) is 0 Å². The molecule has 0 aliphatic rings. The molecule has 0 saturated carbocycles. The van der Waals surface area contributed by atoms with E-state index in [1.807, 2.05) is 0 Å². The van der Waals surface area contributed by atoms with Crippen molar-refractivity contribution in [3.63, 3.8) is 0 Å². The maximum Gasteiger partial charge on any atom is 0.253 e. The molecule has 0 aromatic carbocycles. The summed E-state index contributed by atoms with van der Waals surface area (Å²) in [4.78, 5) is 15.5. The number of nitrogens with one attached hydrogen (secondary N) is 1. The van der Waals surface area contributed by atoms with Gasteiger partial charge in [-0.2, -0.15) is 0 Å². The smallest absolute Gasteiger partial charge is 0.253 e. The minimum atomic E-state index is -3.16. The summed E-state index contributed by atoms with van der Waals surface area (Å²) in [6, 6.07) is 2.93. The highest BCUT2D eigenvalue weighted by Gasteiger charge is 2.07. The molecule has 1 amide bonds. The Bertz CT molecular complexity index is 509. The molecule has 6 heteroatoms. The summed E-state index contributed by atoms with van der Waals surface area (Å²) < 4.78 is 21.8. The fraction of sp³-hybridized carbons (Fsp3) is 0.273. The number of aromatic nitrogens is 1. The van der Waals surface area contributed by atoms with Crippen molar-refractivity contribution < 1.29 is 13.2 Å². The molecule has 1 N–H and O–H groups in total. The highest BCUT2D eigenvalue weighted by molar-refractivity contribution is 7.93. The van der Waals surface area contributed by atoms with Gasteiger partial charge in [0.25, 0.3) is 5.91 Å². The van der Waals surface area contributed by atoms with Gasteiger partial charge in [-0.15, -0.1) is 0 Å². The second kappa shape index (κ2) is 5.58. The van der Waals surface area contributed by atoms with E-state index in [-0.39, 0.29) is 11.9 Å². The van der Waals surface area contributed by atoms with E-state index in [1.54, 1.807) is 25.3 Å². The average molecular weight is 254 g/mol. The molecule has 1 aromatic heterocycles. The number of rotatable bonds is 4. The number of sulfone groups is 1. The largest absolute Gasteiger partial charge is 0.346 e. The first kappa shape index (κ1) is 13.4. The van der Waals surface area contributed by atoms with Crippen LogP contribution in [0.15, 0.2) is 36.0 Å². The molecule has 0 aliphatic carbocycles. The second-order valence-corrected chi connectivity index (χ2v) is 5.59. The van der Waals surface area contributed by atoms with Crippen LogP contribution in [0.3, 0.4) is 0 Å². The number of nitrogens with zero attached hydrogens (tertiary/aromatic N) is 1. The van der Waals surface area contributed by atoms with Crippen LogP contribution in [0, 0.1) is 0 Å². The summed E-state index contributed by atoms with van der Waals surface area (Å²) in [6.07, 6.45) is 5.54. The lowest BCUT2D eigenvalue weighted by Gasteiger charge is -2.08. The number of carbonyl (C=O) groups excluding carboxylic acids is 1. The van der Waals surface area contributed by atoms with Crippen LogP contribution in [0.1, 0.15) is 17.3 Å². The minimum absolute atomic E-state index is 0.288. The van der Waals surface area contributed by atoms with Gasteiger partial charge in [0, 0.05) is 30.1 Å². The van der Waals surface area contributed by atoms with Crippen LogP contribution in [-0.2, 0) is 9.84 Å². The van der Waals surface area contributed by atoms with Crippen LogP contribution in [0.25, 0.3) is 0 Å². The van der Waals surface area contributed by atoms with Crippen molar-refractivity contribution in [2.24, 2.45) is 0 Å². The Hall–Kier alpha value is -1.69. The third-order valence-electron chi connectivity index (χ3n) is 1.90. The minimum Gasteiger partial charge on any atom is -0.346 e. The van der Waals surface area contributed by atoms with Crippen LogP contribution in [0.2, 0.25) is 0 Å². The van der Waals surface area contributed by atoms with E-state index in [9.17, 15) is 13.2 Å². The number of amides is 1. The van der Waals surface area contributed by atoms with Gasteiger partial charge in [0.2, 0.25) is 0 Å². The standard InChI is InChI=1S/C11H14N2O3S/c1-9(5-7-17(2,15)16)13-11(14)10-4-3-6-12-8-10/h3-9H,1-2H3,(H,13,14)/b7-5+/t9-/m1/s1. The first-order chi connectivity index (χ1) is 7.88. The fourth-order valence-electron chi connectivity index (χ4n) is 1.10. The molecule has 92 valence electrons. The highest BCUT2D eigenvalue weighted by Crippen LogP contribution is 1.97. The third kappa shape index (κ3) is 5.26. The summed E-state index contributed by atoms with van der Waals surface area (Å²) in [5.74, 6) is -0.288. The Balaban J connectivity index is 2.62. The summed E-state index contributed by atoms with van der Waals surface area (Å²) >= 11 is 0. The molecular formula is C11H14N2O3S. The van der Waals surface area contributed by atoms with E-state index in [1.165, 1.54) is 12.3 Å². The van der Waals surface area contributed by atoms with Crippen molar-refractivity contribution in [2.75, 3.05) is 6.26 Å². The van der Waals surface area contributed by atoms with Gasteiger partial charge in [-0.05, 0) is 19.1 Å². The Morgan fingerprint density at radius 3 is 2.76 bits per heavy atom. The summed E-state index contributed by atoms with van der Waals surface area (Å²) in [5, 5.41) is 3.71. The number of hydrogen-bond donors (Lipinski definition) is 1. The molecule has 1 heterocycles. The SMILES string of the molecule is C[C@H](/C=C/S(C)(=O)=O)NC(=O)c1cccnc1. The van der Waals surface area contributed by atoms with Crippen molar-refractivity contribution in [2.45, 2.75) is 13.0 Å². The van der Waals surface area contributed by atoms with Crippen LogP contribution >= 0.6 is 0 Å². The van der Waals surface area contributed by atoms with E-state index in [0.29, 0.717) is 5.56 Å². The lowest BCUT2D eigenvalue weighted by molar-refractivity contribution is 0.0946. The summed E-state index contributed by atoms with van der Waals surface area (Å²) in [6.45, 7) is 1.69. The van der Waals surface area contributed by atoms with Crippen LogP contribution in [0.5, 0.6) is 0 Å². The molecule has 1 rings (SSSR count). The molecule has 1 aromatic rings. The van der Waals surface area contributed by atoms with E-state index in [0.717, 1.165) is 11.7 Å². The van der Waals surface area contributed by atoms with Crippen molar-refractivity contribution >= 4 is 15.7 Å². The highest BCUT2D eigenvalue weighted by atomic mass is 32.2. The second-order valence-electron chi connectivity index (χ2n) is 3.66. The number of pyridine rings is 1. The van der Waals surface area contributed by atoms with Crippen LogP contribution in [-0.4, -0.2) is 31.6 Å². The zero-order valence-corrected chi connectivity index (χ0v) is 10.4. The topological polar surface area (TPSA) is 76.1 Å². The van der Waals surface area contributed by atoms with E-state index >= 15 is 0 Å². The Labute approximate surface area is 100 Å². The molecule has 0 bridgehead atoms. The zero-order chi connectivity index (χ0) is 12.9. The van der Waals surface area contributed by atoms with Gasteiger partial charge >= 0.3 is 0 Å². The molecule has 0 fully saturated rings. The maximum atomic E-state index is 11.6. The fourth-order valence-corrected chi connectivity index (χ4v) is 1.62. The van der Waals surface area contributed by atoms with Gasteiger partial charge in [0.1, 0.15) is 0 Å². The van der Waals surface area contributed by atoms with Gasteiger partial charge in [-0.1, -0.05) is 6.08 Å². The molecule has 0 spiro atoms. The van der Waals surface area contributed by atoms with Gasteiger partial charge in [0.05, 0.1) is 5.56 Å². The normalized spacial score (nSPS) is 13.5. The van der Waals surface area contributed by atoms with Gasteiger partial charge < -0.3 is 5.32 Å². The Morgan fingerprint density at radius 2 is 2.24 bits per heavy atom. The number of carbonyl (C=O) groups is 1. The quantitative estimate of drug-likeness (QED) is 0.860. The molecular weight excluding hydrogens is 240 g/mol. The lowest BCUT2D eigenvalue weighted by Crippen LogP contribution is -2.31. The summed E-state index contributed by atoms with van der Waals surface area (Å²) in [7, 11) is -3.16. The average Bonchev–Trinajstić information content (AvgIpc) is 2.27. The van der Waals surface area contributed by atoms with E-state index in [2.05, 4.69) is 10.3 Å². The first-order valence-electron chi connectivity index (χ1n) is 4.97. The molecule has 0 unspecified atom stereocenters. The molecule has 0 radical (unpaired) electrons. The molecule has 0 aliphatic heterocycles. The van der Waals surface area contributed by atoms with E-state index < -0.39 is 9.84 Å².